The molecule has 260 valence electrons. The van der Waals surface area contributed by atoms with E-state index in [0.717, 1.165) is 28.4 Å². The summed E-state index contributed by atoms with van der Waals surface area (Å²) in [5.74, 6) is 1.55. The smallest absolute Gasteiger partial charge is 0.159 e. The van der Waals surface area contributed by atoms with Crippen molar-refractivity contribution in [3.05, 3.63) is 203 Å². The molecule has 54 heavy (non-hydrogen) atoms. The average Bonchev–Trinajstić information content (AvgIpc) is 3.59. The van der Waals surface area contributed by atoms with Crippen LogP contribution < -0.4 is 5.32 Å². The van der Waals surface area contributed by atoms with Crippen LogP contribution in [-0.4, -0.2) is 11.7 Å². The SMILES string of the molecule is CC1(C)c2ccccc2-c2cc3c(cc21)-c1cc(-c2ccc(-c4ccc(C5=NC(c6ccccc6)=NC(c6ccccc6)N5)cc4)cc2)ccc1C3(C)C. The van der Waals surface area contributed by atoms with E-state index in [9.17, 15) is 0 Å². The van der Waals surface area contributed by atoms with Gasteiger partial charge in [0.1, 0.15) is 12.0 Å². The summed E-state index contributed by atoms with van der Waals surface area (Å²) in [5.41, 5.74) is 19.0. The van der Waals surface area contributed by atoms with Gasteiger partial charge in [-0.05, 0) is 90.5 Å². The van der Waals surface area contributed by atoms with Gasteiger partial charge in [0.15, 0.2) is 5.84 Å². The lowest BCUT2D eigenvalue weighted by Crippen LogP contribution is -2.33. The number of aliphatic imine (C=N–C) groups is 2. The maximum Gasteiger partial charge on any atom is 0.159 e. The van der Waals surface area contributed by atoms with Crippen molar-refractivity contribution in [2.24, 2.45) is 9.98 Å². The van der Waals surface area contributed by atoms with Crippen LogP contribution in [0.15, 0.2) is 174 Å². The monoisotopic (exact) mass is 695 g/mol. The molecule has 0 fully saturated rings. The predicted molar refractivity (Wildman–Crippen MR) is 224 cm³/mol. The number of nitrogens with one attached hydrogen (secondary N) is 1. The molecule has 3 heteroatoms. The van der Waals surface area contributed by atoms with Crippen molar-refractivity contribution in [2.75, 3.05) is 0 Å². The first-order valence-electron chi connectivity index (χ1n) is 18.9. The first kappa shape index (κ1) is 32.3. The minimum Gasteiger partial charge on any atom is -0.344 e. The number of amidine groups is 2. The van der Waals surface area contributed by atoms with E-state index in [-0.39, 0.29) is 17.0 Å². The lowest BCUT2D eigenvalue weighted by Gasteiger charge is -2.24. The van der Waals surface area contributed by atoms with E-state index in [1.165, 1.54) is 66.8 Å². The van der Waals surface area contributed by atoms with Gasteiger partial charge in [-0.25, -0.2) is 9.98 Å². The van der Waals surface area contributed by atoms with Gasteiger partial charge in [0.2, 0.25) is 0 Å². The predicted octanol–water partition coefficient (Wildman–Crippen LogP) is 12.1. The molecule has 1 heterocycles. The maximum absolute atomic E-state index is 4.98. The minimum atomic E-state index is -0.218. The first-order chi connectivity index (χ1) is 26.3. The Balaban J connectivity index is 0.938. The lowest BCUT2D eigenvalue weighted by molar-refractivity contribution is 0.652. The van der Waals surface area contributed by atoms with Gasteiger partial charge in [0.05, 0.1) is 0 Å². The molecule has 3 aliphatic rings. The Morgan fingerprint density at radius 2 is 0.889 bits per heavy atom. The minimum absolute atomic E-state index is 0.0240. The number of rotatable bonds is 5. The normalized spacial score (nSPS) is 17.0. The van der Waals surface area contributed by atoms with Crippen molar-refractivity contribution < 1.29 is 0 Å². The summed E-state index contributed by atoms with van der Waals surface area (Å²) < 4.78 is 0. The molecule has 0 radical (unpaired) electrons. The molecule has 1 unspecified atom stereocenters. The molecule has 0 spiro atoms. The van der Waals surface area contributed by atoms with Crippen molar-refractivity contribution in [1.29, 1.82) is 0 Å². The van der Waals surface area contributed by atoms with E-state index in [0.29, 0.717) is 0 Å². The molecule has 2 aliphatic carbocycles. The van der Waals surface area contributed by atoms with Crippen LogP contribution in [-0.2, 0) is 10.8 Å². The molecular weight excluding hydrogens is 655 g/mol. The fourth-order valence-electron chi connectivity index (χ4n) is 8.92. The van der Waals surface area contributed by atoms with Gasteiger partial charge in [-0.1, -0.05) is 173 Å². The molecule has 1 N–H and O–H groups in total. The second-order valence-electron chi connectivity index (χ2n) is 15.9. The molecule has 7 aromatic rings. The summed E-state index contributed by atoms with van der Waals surface area (Å²) in [6.45, 7) is 9.50. The zero-order valence-corrected chi connectivity index (χ0v) is 31.1. The Kier molecular flexibility index (Phi) is 7.25. The number of hydrogen-bond acceptors (Lipinski definition) is 3. The van der Waals surface area contributed by atoms with Gasteiger partial charge in [0, 0.05) is 22.0 Å². The topological polar surface area (TPSA) is 36.8 Å². The molecule has 3 nitrogen and oxygen atoms in total. The quantitative estimate of drug-likeness (QED) is 0.191. The van der Waals surface area contributed by atoms with Gasteiger partial charge in [-0.3, -0.25) is 0 Å². The molecule has 0 saturated carbocycles. The molecule has 0 saturated heterocycles. The Morgan fingerprint density at radius 3 is 1.54 bits per heavy atom. The second-order valence-corrected chi connectivity index (χ2v) is 15.9. The third-order valence-electron chi connectivity index (χ3n) is 12.0. The lowest BCUT2D eigenvalue weighted by atomic mass is 9.79. The van der Waals surface area contributed by atoms with E-state index >= 15 is 0 Å². The zero-order valence-electron chi connectivity index (χ0n) is 31.1. The van der Waals surface area contributed by atoms with Crippen LogP contribution in [0.1, 0.15) is 72.8 Å². The summed E-state index contributed by atoms with van der Waals surface area (Å²) in [5, 5.41) is 3.58. The highest BCUT2D eigenvalue weighted by molar-refractivity contribution is 6.13. The fourth-order valence-corrected chi connectivity index (χ4v) is 8.92. The van der Waals surface area contributed by atoms with E-state index in [4.69, 9.17) is 9.98 Å². The first-order valence-corrected chi connectivity index (χ1v) is 18.9. The van der Waals surface area contributed by atoms with Crippen molar-refractivity contribution in [2.45, 2.75) is 44.7 Å². The Hall–Kier alpha value is -6.32. The molecule has 0 amide bonds. The summed E-state index contributed by atoms with van der Waals surface area (Å²) >= 11 is 0. The van der Waals surface area contributed by atoms with Crippen LogP contribution in [0, 0.1) is 0 Å². The Morgan fingerprint density at radius 1 is 0.407 bits per heavy atom. The highest BCUT2D eigenvalue weighted by Gasteiger charge is 2.41. The average molecular weight is 696 g/mol. The van der Waals surface area contributed by atoms with Gasteiger partial charge < -0.3 is 5.32 Å². The zero-order chi connectivity index (χ0) is 36.6. The van der Waals surface area contributed by atoms with Gasteiger partial charge >= 0.3 is 0 Å². The third-order valence-corrected chi connectivity index (χ3v) is 12.0. The number of fused-ring (bicyclic) bond motifs is 6. The third kappa shape index (κ3) is 5.10. The van der Waals surface area contributed by atoms with Crippen molar-refractivity contribution in [3.63, 3.8) is 0 Å². The van der Waals surface area contributed by atoms with Crippen molar-refractivity contribution in [3.8, 4) is 44.5 Å². The van der Waals surface area contributed by atoms with Crippen LogP contribution in [0.2, 0.25) is 0 Å². The van der Waals surface area contributed by atoms with Crippen molar-refractivity contribution in [1.82, 2.24) is 5.32 Å². The second kappa shape index (κ2) is 12.1. The standard InChI is InChI=1S/C51H41N3/c1-50(2)43-18-12-11-17-39(43)41-30-46-42(31-45(41)50)40-29-38(27-28-44(40)51(46,3)4)34-21-19-32(20-22-34)33-23-25-37(26-24-33)49-53-47(35-13-7-5-8-14-35)52-48(54-49)36-15-9-6-10-16-36/h5-31,47H,1-4H3,(H,52,53,54). The molecule has 1 atom stereocenters. The maximum atomic E-state index is 4.98. The van der Waals surface area contributed by atoms with E-state index in [1.807, 2.05) is 24.3 Å². The summed E-state index contributed by atoms with van der Waals surface area (Å²) in [7, 11) is 0. The van der Waals surface area contributed by atoms with Crippen LogP contribution in [0.4, 0.5) is 0 Å². The Labute approximate surface area is 317 Å². The number of benzene rings is 7. The highest BCUT2D eigenvalue weighted by Crippen LogP contribution is 2.56. The molecule has 0 bridgehead atoms. The van der Waals surface area contributed by atoms with Gasteiger partial charge in [0.25, 0.3) is 0 Å². The Bertz CT molecular complexity index is 2650. The van der Waals surface area contributed by atoms with E-state index < -0.39 is 0 Å². The van der Waals surface area contributed by atoms with Crippen molar-refractivity contribution >= 4 is 11.7 Å². The molecule has 0 aromatic heterocycles. The van der Waals surface area contributed by atoms with Crippen LogP contribution in [0.5, 0.6) is 0 Å². The largest absolute Gasteiger partial charge is 0.344 e. The van der Waals surface area contributed by atoms with E-state index in [2.05, 4.69) is 173 Å². The van der Waals surface area contributed by atoms with Crippen LogP contribution in [0.3, 0.4) is 0 Å². The molecule has 10 rings (SSSR count). The summed E-state index contributed by atoms with van der Waals surface area (Å²) in [4.78, 5) is 9.96. The molecule has 1 aliphatic heterocycles. The molecule has 7 aromatic carbocycles. The highest BCUT2D eigenvalue weighted by atomic mass is 15.2. The summed E-state index contributed by atoms with van der Waals surface area (Å²) in [6.07, 6.45) is -0.218. The fraction of sp³-hybridized carbons (Fsp3) is 0.137. The molecular formula is C51H41N3. The van der Waals surface area contributed by atoms with E-state index in [1.54, 1.807) is 0 Å². The number of hydrogen-bond donors (Lipinski definition) is 1. The van der Waals surface area contributed by atoms with Crippen LogP contribution in [0.25, 0.3) is 44.5 Å². The summed E-state index contributed by atoms with van der Waals surface area (Å²) in [6, 6.07) is 59.2. The van der Waals surface area contributed by atoms with Gasteiger partial charge in [-0.15, -0.1) is 0 Å². The number of nitrogens with zero attached hydrogens (tertiary/aromatic N) is 2. The van der Waals surface area contributed by atoms with Gasteiger partial charge in [-0.2, -0.15) is 0 Å². The van der Waals surface area contributed by atoms with Crippen LogP contribution >= 0.6 is 0 Å².